The molecule has 7 heteroatoms. The smallest absolute Gasteiger partial charge is 0.241 e. The SMILES string of the molecule is CCN(CC1CCC1)c1nc(N)nc(-n2ccnc2)n1. The Morgan fingerprint density at radius 1 is 1.35 bits per heavy atom. The van der Waals surface area contributed by atoms with Crippen molar-refractivity contribution in [3.05, 3.63) is 18.7 Å². The molecule has 0 atom stereocenters. The maximum absolute atomic E-state index is 5.81. The minimum atomic E-state index is 0.241. The number of hydrogen-bond acceptors (Lipinski definition) is 6. The molecule has 0 bridgehead atoms. The molecule has 0 spiro atoms. The molecule has 2 heterocycles. The van der Waals surface area contributed by atoms with Gasteiger partial charge in [0, 0.05) is 25.5 Å². The van der Waals surface area contributed by atoms with Gasteiger partial charge in [0.15, 0.2) is 0 Å². The van der Waals surface area contributed by atoms with Crippen LogP contribution in [0.3, 0.4) is 0 Å². The first-order valence-corrected chi connectivity index (χ1v) is 7.01. The van der Waals surface area contributed by atoms with Crippen LogP contribution in [-0.4, -0.2) is 37.6 Å². The summed E-state index contributed by atoms with van der Waals surface area (Å²) in [5.41, 5.74) is 5.81. The van der Waals surface area contributed by atoms with Gasteiger partial charge in [0.05, 0.1) is 0 Å². The van der Waals surface area contributed by atoms with Crippen molar-refractivity contribution < 1.29 is 0 Å². The van der Waals surface area contributed by atoms with Gasteiger partial charge in [-0.25, -0.2) is 4.98 Å². The highest BCUT2D eigenvalue weighted by Gasteiger charge is 2.22. The Bertz CT molecular complexity index is 562. The van der Waals surface area contributed by atoms with Crippen LogP contribution in [0, 0.1) is 5.92 Å². The zero-order chi connectivity index (χ0) is 13.9. The lowest BCUT2D eigenvalue weighted by Crippen LogP contribution is -2.34. The first-order chi connectivity index (χ1) is 9.76. The van der Waals surface area contributed by atoms with Crippen molar-refractivity contribution in [3.63, 3.8) is 0 Å². The van der Waals surface area contributed by atoms with Crippen LogP contribution in [0.1, 0.15) is 26.2 Å². The van der Waals surface area contributed by atoms with E-state index in [0.717, 1.165) is 19.0 Å². The number of nitrogens with zero attached hydrogens (tertiary/aromatic N) is 6. The number of nitrogen functional groups attached to an aromatic ring is 1. The van der Waals surface area contributed by atoms with Crippen LogP contribution in [0.5, 0.6) is 0 Å². The maximum atomic E-state index is 5.81. The van der Waals surface area contributed by atoms with Crippen LogP contribution in [0.15, 0.2) is 18.7 Å². The lowest BCUT2D eigenvalue weighted by Gasteiger charge is -2.31. The average molecular weight is 273 g/mol. The van der Waals surface area contributed by atoms with Crippen molar-refractivity contribution in [2.45, 2.75) is 26.2 Å². The van der Waals surface area contributed by atoms with Crippen molar-refractivity contribution in [2.75, 3.05) is 23.7 Å². The van der Waals surface area contributed by atoms with E-state index in [1.54, 1.807) is 23.3 Å². The number of imidazole rings is 1. The molecule has 7 nitrogen and oxygen atoms in total. The van der Waals surface area contributed by atoms with Crippen molar-refractivity contribution >= 4 is 11.9 Å². The van der Waals surface area contributed by atoms with Gasteiger partial charge in [-0.3, -0.25) is 4.57 Å². The molecule has 0 saturated heterocycles. The van der Waals surface area contributed by atoms with E-state index in [-0.39, 0.29) is 5.95 Å². The van der Waals surface area contributed by atoms with E-state index in [2.05, 4.69) is 31.8 Å². The van der Waals surface area contributed by atoms with Gasteiger partial charge in [-0.15, -0.1) is 0 Å². The molecule has 0 radical (unpaired) electrons. The quantitative estimate of drug-likeness (QED) is 0.882. The molecule has 0 aliphatic heterocycles. The van der Waals surface area contributed by atoms with Crippen molar-refractivity contribution in [1.82, 2.24) is 24.5 Å². The zero-order valence-corrected chi connectivity index (χ0v) is 11.6. The molecule has 2 aromatic rings. The fraction of sp³-hybridized carbons (Fsp3) is 0.538. The third-order valence-corrected chi connectivity index (χ3v) is 3.73. The average Bonchev–Trinajstić information content (AvgIpc) is 2.91. The minimum absolute atomic E-state index is 0.241. The predicted molar refractivity (Wildman–Crippen MR) is 76.6 cm³/mol. The third-order valence-electron chi connectivity index (χ3n) is 3.73. The second kappa shape index (κ2) is 5.44. The Morgan fingerprint density at radius 2 is 2.20 bits per heavy atom. The third kappa shape index (κ3) is 2.56. The molecule has 1 fully saturated rings. The van der Waals surface area contributed by atoms with Crippen LogP contribution in [0.2, 0.25) is 0 Å². The molecule has 20 heavy (non-hydrogen) atoms. The molecule has 2 aromatic heterocycles. The minimum Gasteiger partial charge on any atom is -0.368 e. The van der Waals surface area contributed by atoms with Crippen molar-refractivity contribution in [3.8, 4) is 5.95 Å². The second-order valence-corrected chi connectivity index (χ2v) is 5.10. The Balaban J connectivity index is 1.87. The van der Waals surface area contributed by atoms with Crippen LogP contribution in [-0.2, 0) is 0 Å². The molecule has 1 aliphatic carbocycles. The van der Waals surface area contributed by atoms with Gasteiger partial charge in [-0.1, -0.05) is 6.42 Å². The molecule has 3 rings (SSSR count). The highest BCUT2D eigenvalue weighted by molar-refractivity contribution is 5.38. The molecule has 1 aliphatic rings. The van der Waals surface area contributed by atoms with Gasteiger partial charge >= 0.3 is 0 Å². The summed E-state index contributed by atoms with van der Waals surface area (Å²) in [5, 5.41) is 0. The summed E-state index contributed by atoms with van der Waals surface area (Å²) in [6, 6.07) is 0. The number of rotatable bonds is 5. The summed E-state index contributed by atoms with van der Waals surface area (Å²) in [4.78, 5) is 19.1. The molecule has 2 N–H and O–H groups in total. The largest absolute Gasteiger partial charge is 0.368 e. The first-order valence-electron chi connectivity index (χ1n) is 7.01. The highest BCUT2D eigenvalue weighted by atomic mass is 15.3. The van der Waals surface area contributed by atoms with Gasteiger partial charge in [-0.2, -0.15) is 15.0 Å². The molecular formula is C13H19N7. The zero-order valence-electron chi connectivity index (χ0n) is 11.6. The van der Waals surface area contributed by atoms with Gasteiger partial charge < -0.3 is 10.6 Å². The number of anilines is 2. The number of hydrogen-bond donors (Lipinski definition) is 1. The monoisotopic (exact) mass is 273 g/mol. The number of aromatic nitrogens is 5. The van der Waals surface area contributed by atoms with Gasteiger partial charge in [0.25, 0.3) is 0 Å². The normalized spacial score (nSPS) is 15.1. The standard InChI is InChI=1S/C13H19N7/c1-2-19(8-10-4-3-5-10)12-16-11(14)17-13(18-12)20-7-6-15-9-20/h6-7,9-10H,2-5,8H2,1H3,(H2,14,16,17,18). The molecule has 0 aromatic carbocycles. The van der Waals surface area contributed by atoms with Crippen molar-refractivity contribution in [1.29, 1.82) is 0 Å². The summed E-state index contributed by atoms with van der Waals surface area (Å²) < 4.78 is 1.73. The van der Waals surface area contributed by atoms with E-state index >= 15 is 0 Å². The van der Waals surface area contributed by atoms with E-state index in [1.807, 2.05) is 0 Å². The summed E-state index contributed by atoms with van der Waals surface area (Å²) in [5.74, 6) is 2.16. The predicted octanol–water partition coefficient (Wildman–Crippen LogP) is 1.27. The fourth-order valence-corrected chi connectivity index (χ4v) is 2.34. The summed E-state index contributed by atoms with van der Waals surface area (Å²) in [6.07, 6.45) is 9.06. The fourth-order valence-electron chi connectivity index (χ4n) is 2.34. The van der Waals surface area contributed by atoms with Crippen LogP contribution in [0.25, 0.3) is 5.95 Å². The van der Waals surface area contributed by atoms with Crippen LogP contribution >= 0.6 is 0 Å². The Hall–Kier alpha value is -2.18. The first kappa shape index (κ1) is 12.8. The lowest BCUT2D eigenvalue weighted by atomic mass is 9.85. The summed E-state index contributed by atoms with van der Waals surface area (Å²) >= 11 is 0. The van der Waals surface area contributed by atoms with E-state index in [0.29, 0.717) is 11.9 Å². The van der Waals surface area contributed by atoms with Crippen LogP contribution < -0.4 is 10.6 Å². The number of nitrogens with two attached hydrogens (primary N) is 1. The van der Waals surface area contributed by atoms with Crippen LogP contribution in [0.4, 0.5) is 11.9 Å². The topological polar surface area (TPSA) is 85.8 Å². The highest BCUT2D eigenvalue weighted by Crippen LogP contribution is 2.28. The summed E-state index contributed by atoms with van der Waals surface area (Å²) in [7, 11) is 0. The molecule has 0 amide bonds. The Morgan fingerprint density at radius 3 is 2.80 bits per heavy atom. The molecule has 1 saturated carbocycles. The van der Waals surface area contributed by atoms with Gasteiger partial charge in [-0.05, 0) is 25.7 Å². The summed E-state index contributed by atoms with van der Waals surface area (Å²) in [6.45, 7) is 3.96. The van der Waals surface area contributed by atoms with E-state index in [1.165, 1.54) is 19.3 Å². The van der Waals surface area contributed by atoms with Gasteiger partial charge in [0.2, 0.25) is 17.8 Å². The Labute approximate surface area is 117 Å². The molecule has 0 unspecified atom stereocenters. The van der Waals surface area contributed by atoms with Gasteiger partial charge in [0.1, 0.15) is 6.33 Å². The maximum Gasteiger partial charge on any atom is 0.241 e. The molecule has 106 valence electrons. The van der Waals surface area contributed by atoms with Crippen molar-refractivity contribution in [2.24, 2.45) is 5.92 Å². The molecular weight excluding hydrogens is 254 g/mol. The Kier molecular flexibility index (Phi) is 3.49. The second-order valence-electron chi connectivity index (χ2n) is 5.10. The van der Waals surface area contributed by atoms with E-state index < -0.39 is 0 Å². The lowest BCUT2D eigenvalue weighted by molar-refractivity contribution is 0.317. The van der Waals surface area contributed by atoms with E-state index in [9.17, 15) is 0 Å². The van der Waals surface area contributed by atoms with E-state index in [4.69, 9.17) is 5.73 Å².